The number of fused-ring (bicyclic) bond motifs is 3. The maximum atomic E-state index is 15.7. The highest BCUT2D eigenvalue weighted by Gasteiger charge is 2.40. The molecule has 6 saturated heterocycles. The van der Waals surface area contributed by atoms with Crippen molar-refractivity contribution in [3.8, 4) is 57.5 Å². The molecule has 0 unspecified atom stereocenters. The molecule has 0 spiro atoms. The predicted molar refractivity (Wildman–Crippen MR) is 520 cm³/mol. The van der Waals surface area contributed by atoms with Crippen LogP contribution in [0.25, 0.3) is 81.4 Å². The van der Waals surface area contributed by atoms with E-state index in [2.05, 4.69) is 53.9 Å². The van der Waals surface area contributed by atoms with Crippen molar-refractivity contribution in [2.75, 3.05) is 73.5 Å². The maximum Gasteiger partial charge on any atom is 0.337 e. The average Bonchev–Trinajstić information content (AvgIpc) is 1.63. The van der Waals surface area contributed by atoms with Crippen LogP contribution in [0.4, 0.5) is 43.4 Å². The van der Waals surface area contributed by atoms with Crippen molar-refractivity contribution in [2.24, 2.45) is 0 Å². The molecule has 9 aromatic carbocycles. The summed E-state index contributed by atoms with van der Waals surface area (Å²) < 4.78 is 138. The molecule has 0 amide bonds. The minimum absolute atomic E-state index is 0.0631. The number of carboxylic acids is 1. The van der Waals surface area contributed by atoms with Crippen LogP contribution in [0.1, 0.15) is 108 Å². The summed E-state index contributed by atoms with van der Waals surface area (Å²) in [7, 11) is 2.70. The number of imidazole rings is 3. The fourth-order valence-corrected chi connectivity index (χ4v) is 17.2. The summed E-state index contributed by atoms with van der Waals surface area (Å²) in [5, 5.41) is 20.3. The van der Waals surface area contributed by atoms with Gasteiger partial charge in [-0.1, -0.05) is 91.0 Å². The number of benzene rings is 9. The van der Waals surface area contributed by atoms with Gasteiger partial charge in [0, 0.05) is 129 Å². The zero-order chi connectivity index (χ0) is 101. The summed E-state index contributed by atoms with van der Waals surface area (Å²) in [4.78, 5) is 88.5. The number of carbonyl (C=O) groups excluding carboxylic acids is 3. The normalized spacial score (nSPS) is 15.7. The van der Waals surface area contributed by atoms with Crippen molar-refractivity contribution >= 4 is 73.9 Å². The van der Waals surface area contributed by atoms with E-state index in [1.807, 2.05) is 9.13 Å². The molecule has 2 N–H and O–H groups in total. The quantitative estimate of drug-likeness (QED) is 0.0250. The summed E-state index contributed by atoms with van der Waals surface area (Å²) in [5.41, 5.74) is 11.6. The number of methoxy groups -OCH3 is 2. The van der Waals surface area contributed by atoms with Crippen molar-refractivity contribution in [3.63, 3.8) is 0 Å². The van der Waals surface area contributed by atoms with Crippen molar-refractivity contribution in [1.82, 2.24) is 58.7 Å². The Bertz CT molecular complexity index is 7540. The third-order valence-electron chi connectivity index (χ3n) is 25.7. The van der Waals surface area contributed by atoms with Gasteiger partial charge in [-0.3, -0.25) is 14.6 Å². The van der Waals surface area contributed by atoms with Crippen LogP contribution in [0.3, 0.4) is 0 Å². The van der Waals surface area contributed by atoms with Gasteiger partial charge >= 0.3 is 17.9 Å². The summed E-state index contributed by atoms with van der Waals surface area (Å²) >= 11 is 0. The van der Waals surface area contributed by atoms with Gasteiger partial charge in [0.1, 0.15) is 85.4 Å². The largest absolute Gasteiger partial charge is 0.478 e. The smallest absolute Gasteiger partial charge is 0.337 e. The molecule has 21 rings (SSSR count). The Kier molecular flexibility index (Phi) is 31.3. The second kappa shape index (κ2) is 45.5. The Morgan fingerprint density at radius 2 is 0.764 bits per heavy atom. The van der Waals surface area contributed by atoms with Crippen LogP contribution in [-0.2, 0) is 87.2 Å². The van der Waals surface area contributed by atoms with Gasteiger partial charge in [-0.2, -0.15) is 5.26 Å². The molecule has 6 aliphatic rings. The third-order valence-corrected chi connectivity index (χ3v) is 25.7. The average molecular weight is 1950 g/mol. The fourth-order valence-electron chi connectivity index (χ4n) is 17.2. The monoisotopic (exact) mass is 1950 g/mol. The Morgan fingerprint density at radius 3 is 1.03 bits per heavy atom. The molecule has 144 heavy (non-hydrogen) atoms. The number of hydrogen-bond acceptors (Lipinski definition) is 22. The Balaban J connectivity index is 0.000000142. The number of nitrogens with one attached hydrogen (secondary N) is 1. The summed E-state index contributed by atoms with van der Waals surface area (Å²) in [6.45, 7) is 30.7. The van der Waals surface area contributed by atoms with E-state index >= 15 is 13.2 Å². The summed E-state index contributed by atoms with van der Waals surface area (Å²) in [6, 6.07) is 61.6. The van der Waals surface area contributed by atoms with Crippen molar-refractivity contribution in [1.29, 1.82) is 5.26 Å². The van der Waals surface area contributed by atoms with Gasteiger partial charge in [0.15, 0.2) is 22.8 Å². The first kappa shape index (κ1) is 99.2. The molecule has 6 aromatic heterocycles. The van der Waals surface area contributed by atoms with Crippen LogP contribution in [0.2, 0.25) is 0 Å². The number of hydrogen-bond donors (Lipinski definition) is 2. The third kappa shape index (κ3) is 23.3. The minimum Gasteiger partial charge on any atom is -0.478 e. The second-order valence-corrected chi connectivity index (χ2v) is 34.8. The Labute approximate surface area is 823 Å². The topological polar surface area (TPSA) is 310 Å². The van der Waals surface area contributed by atoms with E-state index < -0.39 is 52.8 Å². The molecular weight excluding hydrogens is 1860 g/mol. The molecule has 730 valence electrons. The Hall–Kier alpha value is -16.4. The van der Waals surface area contributed by atoms with Crippen LogP contribution in [0.15, 0.2) is 218 Å². The molecule has 35 heteroatoms. The molecule has 0 saturated carbocycles. The van der Waals surface area contributed by atoms with Crippen LogP contribution in [0, 0.1) is 66.0 Å². The van der Waals surface area contributed by atoms with E-state index in [0.717, 1.165) is 93.5 Å². The number of nitrogens with zero attached hydrogens (tertiary/aromatic N) is 15. The summed E-state index contributed by atoms with van der Waals surface area (Å²) in [6.07, 6.45) is 3.80. The predicted octanol–water partition coefficient (Wildman–Crippen LogP) is 19.0. The lowest BCUT2D eigenvalue weighted by Gasteiger charge is -2.49. The van der Waals surface area contributed by atoms with Crippen molar-refractivity contribution in [3.05, 3.63) is 355 Å². The first-order valence-electron chi connectivity index (χ1n) is 46.3. The number of ether oxygens (including phenoxy) is 8. The number of likely N-dealkylation sites (tertiary alicyclic amines) is 2. The highest BCUT2D eigenvalue weighted by molar-refractivity contribution is 5.95. The molecule has 3 atom stereocenters. The highest BCUT2D eigenvalue weighted by Crippen LogP contribution is 2.37. The number of ketones is 1. The molecule has 0 aliphatic carbocycles. The number of nitriles is 1. The van der Waals surface area contributed by atoms with Crippen molar-refractivity contribution in [2.45, 2.75) is 115 Å². The number of Topliss-reactive ketones (excluding diaryl/α,β-unsaturated/α-hetero) is 1. The van der Waals surface area contributed by atoms with Gasteiger partial charge in [0.05, 0.1) is 145 Å². The minimum atomic E-state index is -1.01. The van der Waals surface area contributed by atoms with E-state index in [0.29, 0.717) is 158 Å². The molecule has 6 fully saturated rings. The van der Waals surface area contributed by atoms with Crippen LogP contribution in [0.5, 0.6) is 17.6 Å². The first-order chi connectivity index (χ1) is 70.0. The van der Waals surface area contributed by atoms with E-state index in [4.69, 9.17) is 73.1 Å². The number of esters is 2. The number of rotatable bonds is 29. The van der Waals surface area contributed by atoms with E-state index in [-0.39, 0.29) is 97.2 Å². The van der Waals surface area contributed by atoms with E-state index in [1.165, 1.54) is 93.9 Å². The number of aromatic carboxylic acids is 1. The SMILES string of the molecule is CC#N.O=C1COC1.[C-]#[N+]c1ccc(COc2cccc(-c3ccc(Cc4nc5ccc(C(=O)O)cc5n4C[C@@H]4CCN4C4COC4)c(F)c3)n2)c(F)c1.[C-]#[N+]c1ccc(COc2cccc(-c3ccc(Cc4nc5ccc(C(=O)OC)cc5n4C[C@@H]4CCN4)c(F)c3)n2)c(F)c1.[C-]#[N+]c1ccc(COc2cccc(-c3ccc(Cc4nc5ccc(C(=O)OC)cc5n4C[C@@H]4CCN4C4COC4)c(F)c3)n2)c(F)c1. The van der Waals surface area contributed by atoms with Gasteiger partial charge in [-0.25, -0.2) is 85.2 Å². The Morgan fingerprint density at radius 1 is 0.438 bits per heavy atom. The van der Waals surface area contributed by atoms with Crippen LogP contribution in [-0.4, -0.2) is 186 Å². The van der Waals surface area contributed by atoms with E-state index in [1.54, 1.807) is 146 Å². The lowest BCUT2D eigenvalue weighted by Crippen LogP contribution is -2.61. The number of carbonyl (C=O) groups is 4. The van der Waals surface area contributed by atoms with E-state index in [9.17, 15) is 37.5 Å². The molecule has 29 nitrogen and oxygen atoms in total. The number of aromatic nitrogens is 9. The molecular formula is C109H94F6N16O13. The molecule has 6 aliphatic heterocycles. The highest BCUT2D eigenvalue weighted by atomic mass is 19.1. The maximum absolute atomic E-state index is 15.7. The lowest BCUT2D eigenvalue weighted by atomic mass is 9.98. The molecule has 15 aromatic rings. The summed E-state index contributed by atoms with van der Waals surface area (Å²) in [5.74, 6) is -1.61. The van der Waals surface area contributed by atoms with Gasteiger partial charge < -0.3 is 62.0 Å². The van der Waals surface area contributed by atoms with Gasteiger partial charge in [0.2, 0.25) is 17.6 Å². The standard InChI is InChI=1S/C36H31F2N5O4.C35H29F2N5O4.C33H27F2N5O3.C3H4O2.C2H3N/c1-39-26-10-8-25(30(38)17-26)19-47-35-5-3-4-31(41-35)23-7-6-22(29(37)14-23)16-34-40-32-11-9-24(36(44)45-2)15-33(32)43(34)18-27-12-13-42(27)28-20-46-21-28;1-38-25-9-7-24(29(37)16-25)18-46-34-4-2-3-30(40-34)22-6-5-21(28(36)13-22)15-33-39-31-10-8-23(35(43)44)14-32(31)42(33)17-26-11-12-41(26)27-19-45-20-27;1-36-24-10-8-23(27(35)17-24)19-43-32-5-3-4-28(39-32)21-7-6-20(26(34)14-21)16-31-38-29-11-9-22(33(41)42-2)15-30(29)40(31)18-25-12-13-37-25;4-3-1-5-2-3;1-2-3/h3-11,14-15,17,27-28H,12-13,16,18-21H2,2H3;2-10,13-14,16,26-27H,11-12,15,17-20H2,(H,43,44);3-11,14-15,17,25,37H,12-13,16,18-19H2,2H3;1-2H2;1H3/t27-;26-;25-;;/m000../s1. The van der Waals surface area contributed by atoms with Gasteiger partial charge in [-0.05, 0) is 152 Å². The number of pyridine rings is 3. The van der Waals surface area contributed by atoms with Gasteiger partial charge in [-0.15, -0.1) is 0 Å². The molecule has 0 bridgehead atoms. The van der Waals surface area contributed by atoms with Crippen LogP contribution < -0.4 is 19.5 Å². The molecule has 12 heterocycles. The second-order valence-electron chi connectivity index (χ2n) is 34.8. The zero-order valence-electron chi connectivity index (χ0n) is 78.3. The van der Waals surface area contributed by atoms with Gasteiger partial charge in [0.25, 0.3) is 0 Å². The zero-order valence-corrected chi connectivity index (χ0v) is 78.3. The van der Waals surface area contributed by atoms with Crippen molar-refractivity contribution < 1.29 is 88.5 Å². The van der Waals surface area contributed by atoms with Crippen LogP contribution >= 0.6 is 0 Å². The number of carboxylic acid groups (broad SMARTS) is 1. The molecule has 0 radical (unpaired) electrons. The lowest BCUT2D eigenvalue weighted by molar-refractivity contribution is -0.140. The first-order valence-corrected chi connectivity index (χ1v) is 46.3. The number of halogens is 6. The fraction of sp³-hybridized carbons (Fsp3) is 0.266.